The van der Waals surface area contributed by atoms with E-state index in [4.69, 9.17) is 0 Å². The molecule has 1 aromatic rings. The van der Waals surface area contributed by atoms with Gasteiger partial charge in [-0.25, -0.2) is 0 Å². The third kappa shape index (κ3) is 6.16. The minimum Gasteiger partial charge on any atom is -0.545 e. The fraction of sp³-hybridized carbons (Fsp3) is 0.125. The molecule has 0 aliphatic carbocycles. The Labute approximate surface area is 143 Å². The molecule has 0 radical (unpaired) electrons. The molecule has 0 unspecified atom stereocenters. The molecule has 0 heterocycles. The molecule has 0 saturated heterocycles. The Kier molecular flexibility index (Phi) is 7.91. The van der Waals surface area contributed by atoms with Crippen LogP contribution in [0.5, 0.6) is 0 Å². The van der Waals surface area contributed by atoms with Crippen LogP contribution in [0.2, 0.25) is 0 Å². The van der Waals surface area contributed by atoms with Crippen LogP contribution in [0.1, 0.15) is 5.56 Å². The summed E-state index contributed by atoms with van der Waals surface area (Å²) in [4.78, 5) is 9.90. The van der Waals surface area contributed by atoms with Crippen molar-refractivity contribution in [1.82, 2.24) is 0 Å². The number of halogens is 1. The van der Waals surface area contributed by atoms with E-state index < -0.39 is 6.16 Å². The van der Waals surface area contributed by atoms with Gasteiger partial charge in [0.2, 0.25) is 0 Å². The summed E-state index contributed by atoms with van der Waals surface area (Å²) >= 11 is 3.26. The second kappa shape index (κ2) is 7.33. The normalized spacial score (nSPS) is 8.69. The first-order valence-electron chi connectivity index (χ1n) is 3.26. The Morgan fingerprint density at radius 2 is 1.92 bits per heavy atom. The Morgan fingerprint density at radius 3 is 2.38 bits per heavy atom. The zero-order chi connectivity index (χ0) is 8.97. The molecule has 0 amide bonds. The zero-order valence-corrected chi connectivity index (χ0v) is 15.0. The summed E-state index contributed by atoms with van der Waals surface area (Å²) in [6.07, 6.45) is -1.50. The van der Waals surface area contributed by atoms with E-state index in [1.165, 1.54) is 0 Å². The number of carbonyl (C=O) groups is 1. The number of hydrogen-bond donors (Lipinski definition) is 0. The third-order valence-electron chi connectivity index (χ3n) is 1.27. The van der Waals surface area contributed by atoms with Gasteiger partial charge in [0, 0.05) is 4.47 Å². The van der Waals surface area contributed by atoms with Gasteiger partial charge in [0.15, 0.2) is 0 Å². The van der Waals surface area contributed by atoms with E-state index in [1.54, 1.807) is 12.1 Å². The molecular weight excluding hydrogens is 357 g/mol. The van der Waals surface area contributed by atoms with Gasteiger partial charge < -0.3 is 14.6 Å². The van der Waals surface area contributed by atoms with Crippen molar-refractivity contribution >= 4 is 22.1 Å². The summed E-state index contributed by atoms with van der Waals surface area (Å²) in [5.74, 6) is 0. The van der Waals surface area contributed by atoms with Crippen molar-refractivity contribution in [1.29, 1.82) is 0 Å². The Bertz CT molecular complexity index is 273. The molecule has 0 spiro atoms. The molecule has 0 atom stereocenters. The molecule has 0 saturated carbocycles. The monoisotopic (exact) mass is 362 g/mol. The van der Waals surface area contributed by atoms with Crippen molar-refractivity contribution in [3.05, 3.63) is 34.3 Å². The van der Waals surface area contributed by atoms with E-state index in [2.05, 4.69) is 20.7 Å². The standard InChI is InChI=1S/C8H7BrO3.Cs/c9-7-3-1-6(2-4-7)5-12-8(10)11;/h1-4H,5H2,(H,10,11);/q;+1/p-1. The van der Waals surface area contributed by atoms with Gasteiger partial charge in [-0.2, -0.15) is 0 Å². The van der Waals surface area contributed by atoms with E-state index in [0.29, 0.717) is 0 Å². The largest absolute Gasteiger partial charge is 1.00 e. The quantitative estimate of drug-likeness (QED) is 0.590. The predicted molar refractivity (Wildman–Crippen MR) is 44.3 cm³/mol. The summed E-state index contributed by atoms with van der Waals surface area (Å²) in [6.45, 7) is 0.0373. The van der Waals surface area contributed by atoms with Crippen molar-refractivity contribution in [2.75, 3.05) is 0 Å². The molecule has 0 aliphatic heterocycles. The van der Waals surface area contributed by atoms with Crippen molar-refractivity contribution in [3.63, 3.8) is 0 Å². The smallest absolute Gasteiger partial charge is 0.545 e. The van der Waals surface area contributed by atoms with Crippen LogP contribution in [0.4, 0.5) is 4.79 Å². The van der Waals surface area contributed by atoms with Crippen LogP contribution in [0, 0.1) is 0 Å². The van der Waals surface area contributed by atoms with E-state index >= 15 is 0 Å². The maximum atomic E-state index is 9.90. The minimum atomic E-state index is -1.50. The number of rotatable bonds is 2. The Balaban J connectivity index is 0.00000144. The molecule has 1 aromatic carbocycles. The van der Waals surface area contributed by atoms with Crippen LogP contribution in [-0.2, 0) is 11.3 Å². The first-order valence-corrected chi connectivity index (χ1v) is 4.06. The summed E-state index contributed by atoms with van der Waals surface area (Å²) in [5, 5.41) is 9.90. The van der Waals surface area contributed by atoms with Crippen LogP contribution in [0.15, 0.2) is 28.7 Å². The first kappa shape index (κ1) is 14.0. The summed E-state index contributed by atoms with van der Waals surface area (Å²) in [7, 11) is 0. The number of benzene rings is 1. The summed E-state index contributed by atoms with van der Waals surface area (Å²) in [5.41, 5.74) is 0.794. The SMILES string of the molecule is O=C([O-])OCc1ccc(Br)cc1.[Cs+]. The van der Waals surface area contributed by atoms with Gasteiger partial charge in [-0.05, 0) is 17.7 Å². The number of carbonyl (C=O) groups excluding carboxylic acids is 1. The van der Waals surface area contributed by atoms with E-state index in [0.717, 1.165) is 10.0 Å². The van der Waals surface area contributed by atoms with Crippen LogP contribution in [0.25, 0.3) is 0 Å². The topological polar surface area (TPSA) is 49.4 Å². The molecule has 1 rings (SSSR count). The van der Waals surface area contributed by atoms with E-state index in [9.17, 15) is 9.90 Å². The summed E-state index contributed by atoms with van der Waals surface area (Å²) in [6, 6.07) is 7.17. The van der Waals surface area contributed by atoms with E-state index in [1.807, 2.05) is 12.1 Å². The average molecular weight is 363 g/mol. The molecule has 0 fully saturated rings. The van der Waals surface area contributed by atoms with Crippen LogP contribution < -0.4 is 74.0 Å². The molecule has 0 aliphatic rings. The van der Waals surface area contributed by atoms with Crippen molar-refractivity contribution in [2.45, 2.75) is 6.61 Å². The minimum absolute atomic E-state index is 0. The maximum absolute atomic E-state index is 9.90. The van der Waals surface area contributed by atoms with Crippen LogP contribution in [0.3, 0.4) is 0 Å². The molecule has 0 bridgehead atoms. The molecular formula is C8H6BrCsO3. The number of carboxylic acid groups (broad SMARTS) is 1. The van der Waals surface area contributed by atoms with Gasteiger partial charge in [-0.1, -0.05) is 28.1 Å². The van der Waals surface area contributed by atoms with Crippen molar-refractivity contribution in [2.24, 2.45) is 0 Å². The molecule has 13 heavy (non-hydrogen) atoms. The van der Waals surface area contributed by atoms with Crippen molar-refractivity contribution in [3.8, 4) is 0 Å². The molecule has 0 aromatic heterocycles. The maximum Gasteiger partial charge on any atom is 1.00 e. The zero-order valence-electron chi connectivity index (χ0n) is 7.12. The summed E-state index contributed by atoms with van der Waals surface area (Å²) < 4.78 is 5.20. The fourth-order valence-electron chi connectivity index (χ4n) is 0.723. The predicted octanol–water partition coefficient (Wildman–Crippen LogP) is -1.69. The molecule has 3 nitrogen and oxygen atoms in total. The third-order valence-corrected chi connectivity index (χ3v) is 1.80. The van der Waals surface area contributed by atoms with Gasteiger partial charge in [0.25, 0.3) is 6.16 Å². The molecule has 5 heteroatoms. The second-order valence-electron chi connectivity index (χ2n) is 2.17. The van der Waals surface area contributed by atoms with Gasteiger partial charge in [0.1, 0.15) is 0 Å². The van der Waals surface area contributed by atoms with Gasteiger partial charge in [-0.15, -0.1) is 0 Å². The van der Waals surface area contributed by atoms with Gasteiger partial charge in [0.05, 0.1) is 6.61 Å². The van der Waals surface area contributed by atoms with Gasteiger partial charge >= 0.3 is 68.9 Å². The first-order chi connectivity index (χ1) is 5.68. The van der Waals surface area contributed by atoms with Crippen LogP contribution in [-0.4, -0.2) is 6.16 Å². The average Bonchev–Trinajstić information content (AvgIpc) is 2.03. The number of ether oxygens (including phenoxy) is 1. The van der Waals surface area contributed by atoms with Gasteiger partial charge in [-0.3, -0.25) is 0 Å². The fourth-order valence-corrected chi connectivity index (χ4v) is 0.987. The number of hydrogen-bond acceptors (Lipinski definition) is 3. The van der Waals surface area contributed by atoms with Crippen molar-refractivity contribution < 1.29 is 83.5 Å². The van der Waals surface area contributed by atoms with E-state index in [-0.39, 0.29) is 75.5 Å². The molecule has 64 valence electrons. The Morgan fingerprint density at radius 1 is 1.38 bits per heavy atom. The van der Waals surface area contributed by atoms with Crippen LogP contribution >= 0.6 is 15.9 Å². The Hall–Kier alpha value is 1.02. The second-order valence-corrected chi connectivity index (χ2v) is 3.08. The molecule has 0 N–H and O–H groups in total.